The van der Waals surface area contributed by atoms with Gasteiger partial charge in [0.15, 0.2) is 0 Å². The van der Waals surface area contributed by atoms with Crippen molar-refractivity contribution in [2.24, 2.45) is 11.8 Å². The molecule has 0 radical (unpaired) electrons. The Morgan fingerprint density at radius 2 is 2.00 bits per heavy atom. The highest BCUT2D eigenvalue weighted by Gasteiger charge is 2.59. The molecule has 0 bridgehead atoms. The van der Waals surface area contributed by atoms with E-state index in [-0.39, 0.29) is 18.9 Å². The lowest BCUT2D eigenvalue weighted by atomic mass is 9.72. The van der Waals surface area contributed by atoms with Crippen molar-refractivity contribution in [1.82, 2.24) is 9.88 Å². The van der Waals surface area contributed by atoms with Crippen LogP contribution in [0.15, 0.2) is 54.6 Å². The standard InChI is InChI=1S/C30H30N4O5/c1-3-30(39-17(2)35)21-14-24-26-19(15-34(24)28(36)20(21)16-38-29(30)37)27(25-22(31)10-7-11-23(25)33-26)32-13-12-18-8-5-4-6-9-18/h4-11,14,20-21H,3,12-13,15-16,31H2,1-2H3,(H,32,33)/t20?,21?,30-/m0/s1. The molecular formula is C30H30N4O5. The lowest BCUT2D eigenvalue weighted by molar-refractivity contribution is -0.204. The van der Waals surface area contributed by atoms with E-state index in [1.165, 1.54) is 12.5 Å². The van der Waals surface area contributed by atoms with Crippen LogP contribution in [0, 0.1) is 11.8 Å². The molecule has 1 saturated heterocycles. The molecule has 0 saturated carbocycles. The molecule has 3 aliphatic heterocycles. The fourth-order valence-electron chi connectivity index (χ4n) is 6.17. The monoisotopic (exact) mass is 526 g/mol. The number of aromatic nitrogens is 1. The smallest absolute Gasteiger partial charge is 0.351 e. The van der Waals surface area contributed by atoms with Crippen LogP contribution in [0.3, 0.4) is 0 Å². The van der Waals surface area contributed by atoms with E-state index >= 15 is 0 Å². The van der Waals surface area contributed by atoms with Gasteiger partial charge in [0.25, 0.3) is 0 Å². The van der Waals surface area contributed by atoms with Gasteiger partial charge >= 0.3 is 11.9 Å². The Hall–Kier alpha value is -4.40. The SMILES string of the molecule is CC[C@@]1(OC(C)=O)C(=O)OCC2C(=O)N3Cc4c(nc5cccc(N)c5c4NCCc4ccccc4)C3=CC21. The van der Waals surface area contributed by atoms with Crippen molar-refractivity contribution in [3.63, 3.8) is 0 Å². The van der Waals surface area contributed by atoms with E-state index in [1.54, 1.807) is 11.8 Å². The highest BCUT2D eigenvalue weighted by molar-refractivity contribution is 6.05. The van der Waals surface area contributed by atoms with Gasteiger partial charge in [-0.25, -0.2) is 9.78 Å². The Morgan fingerprint density at radius 1 is 1.21 bits per heavy atom. The summed E-state index contributed by atoms with van der Waals surface area (Å²) in [5.41, 5.74) is 10.4. The number of hydrogen-bond acceptors (Lipinski definition) is 8. The molecule has 1 aromatic heterocycles. The first kappa shape index (κ1) is 24.9. The number of carbonyl (C=O) groups excluding carboxylic acids is 3. The molecule has 9 heteroatoms. The number of fused-ring (bicyclic) bond motifs is 5. The maximum atomic E-state index is 13.9. The first-order valence-electron chi connectivity index (χ1n) is 13.2. The number of anilines is 2. The third-order valence-corrected chi connectivity index (χ3v) is 8.04. The van der Waals surface area contributed by atoms with Gasteiger partial charge in [-0.1, -0.05) is 43.3 Å². The molecule has 0 aliphatic carbocycles. The molecular weight excluding hydrogens is 496 g/mol. The fourth-order valence-corrected chi connectivity index (χ4v) is 6.17. The summed E-state index contributed by atoms with van der Waals surface area (Å²) < 4.78 is 11.0. The number of nitrogen functional groups attached to an aromatic ring is 1. The minimum atomic E-state index is -1.57. The van der Waals surface area contributed by atoms with Gasteiger partial charge in [0.05, 0.1) is 35.1 Å². The highest BCUT2D eigenvalue weighted by atomic mass is 16.6. The minimum Gasteiger partial charge on any atom is -0.462 e. The maximum absolute atomic E-state index is 13.9. The Bertz CT molecular complexity index is 1540. The van der Waals surface area contributed by atoms with E-state index in [9.17, 15) is 14.4 Å². The number of nitrogens with one attached hydrogen (secondary N) is 1. The number of cyclic esters (lactones) is 1. The summed E-state index contributed by atoms with van der Waals surface area (Å²) in [5, 5.41) is 4.41. The second-order valence-electron chi connectivity index (χ2n) is 10.3. The molecule has 6 rings (SSSR count). The Kier molecular flexibility index (Phi) is 6.01. The molecule has 2 unspecified atom stereocenters. The van der Waals surface area contributed by atoms with E-state index in [2.05, 4.69) is 17.4 Å². The maximum Gasteiger partial charge on any atom is 0.351 e. The molecule has 1 amide bonds. The number of ether oxygens (including phenoxy) is 2. The summed E-state index contributed by atoms with van der Waals surface area (Å²) in [6, 6.07) is 15.8. The second-order valence-corrected chi connectivity index (χ2v) is 10.3. The number of carbonyl (C=O) groups is 3. The fraction of sp³-hybridized carbons (Fsp3) is 0.333. The van der Waals surface area contributed by atoms with Gasteiger partial charge < -0.3 is 25.4 Å². The number of rotatable bonds is 6. The minimum absolute atomic E-state index is 0.0630. The summed E-state index contributed by atoms with van der Waals surface area (Å²) in [4.78, 5) is 45.5. The van der Waals surface area contributed by atoms with Gasteiger partial charge in [0.1, 0.15) is 6.61 Å². The average Bonchev–Trinajstić information content (AvgIpc) is 3.29. The van der Waals surface area contributed by atoms with Gasteiger partial charge in [-0.05, 0) is 36.6 Å². The highest BCUT2D eigenvalue weighted by Crippen LogP contribution is 2.49. The molecule has 200 valence electrons. The predicted molar refractivity (Wildman–Crippen MR) is 146 cm³/mol. The number of nitrogens with zero attached hydrogens (tertiary/aromatic N) is 2. The van der Waals surface area contributed by atoms with Crippen LogP contribution in [-0.4, -0.2) is 46.5 Å². The van der Waals surface area contributed by atoms with Crippen molar-refractivity contribution in [3.05, 3.63) is 71.4 Å². The van der Waals surface area contributed by atoms with Crippen LogP contribution in [0.1, 0.15) is 37.1 Å². The first-order valence-corrected chi connectivity index (χ1v) is 13.2. The largest absolute Gasteiger partial charge is 0.462 e. The summed E-state index contributed by atoms with van der Waals surface area (Å²) in [6.45, 7) is 3.93. The van der Waals surface area contributed by atoms with Crippen molar-refractivity contribution in [3.8, 4) is 0 Å². The van der Waals surface area contributed by atoms with Crippen molar-refractivity contribution in [2.75, 3.05) is 24.2 Å². The van der Waals surface area contributed by atoms with E-state index in [1.807, 2.05) is 42.5 Å². The van der Waals surface area contributed by atoms with Crippen molar-refractivity contribution in [2.45, 2.75) is 38.8 Å². The van der Waals surface area contributed by atoms with Crippen LogP contribution in [0.25, 0.3) is 16.6 Å². The molecule has 0 spiro atoms. The van der Waals surface area contributed by atoms with Gasteiger partial charge in [-0.15, -0.1) is 0 Å². The van der Waals surface area contributed by atoms with Crippen molar-refractivity contribution >= 4 is 45.8 Å². The number of amides is 1. The average molecular weight is 527 g/mol. The summed E-state index contributed by atoms with van der Waals surface area (Å²) in [6.07, 6.45) is 2.87. The molecule has 39 heavy (non-hydrogen) atoms. The lowest BCUT2D eigenvalue weighted by Crippen LogP contribution is -2.60. The molecule has 3 atom stereocenters. The summed E-state index contributed by atoms with van der Waals surface area (Å²) >= 11 is 0. The summed E-state index contributed by atoms with van der Waals surface area (Å²) in [7, 11) is 0. The second kappa shape index (κ2) is 9.41. The topological polar surface area (TPSA) is 124 Å². The van der Waals surface area contributed by atoms with Gasteiger partial charge in [-0.3, -0.25) is 9.59 Å². The predicted octanol–water partition coefficient (Wildman–Crippen LogP) is 3.67. The quantitative estimate of drug-likeness (QED) is 0.368. The summed E-state index contributed by atoms with van der Waals surface area (Å²) in [5.74, 6) is -2.72. The van der Waals surface area contributed by atoms with Crippen LogP contribution in [0.2, 0.25) is 0 Å². The Labute approximate surface area is 226 Å². The zero-order valence-electron chi connectivity index (χ0n) is 21.9. The van der Waals surface area contributed by atoms with Crippen LogP contribution >= 0.6 is 0 Å². The molecule has 3 N–H and O–H groups in total. The van der Waals surface area contributed by atoms with Crippen LogP contribution in [-0.2, 0) is 36.8 Å². The van der Waals surface area contributed by atoms with Crippen LogP contribution in [0.4, 0.5) is 11.4 Å². The molecule has 3 aromatic rings. The zero-order chi connectivity index (χ0) is 27.3. The van der Waals surface area contributed by atoms with E-state index < -0.39 is 29.4 Å². The van der Waals surface area contributed by atoms with Crippen molar-refractivity contribution in [1.29, 1.82) is 0 Å². The normalized spacial score (nSPS) is 23.4. The first-order chi connectivity index (χ1) is 18.8. The number of esters is 2. The van der Waals surface area contributed by atoms with E-state index in [4.69, 9.17) is 20.2 Å². The number of nitrogens with two attached hydrogens (primary N) is 1. The van der Waals surface area contributed by atoms with Gasteiger partial charge in [-0.2, -0.15) is 0 Å². The van der Waals surface area contributed by atoms with Gasteiger partial charge in [0, 0.05) is 36.0 Å². The molecule has 2 aromatic carbocycles. The molecule has 3 aliphatic rings. The van der Waals surface area contributed by atoms with Crippen LogP contribution < -0.4 is 11.1 Å². The number of benzene rings is 2. The third-order valence-electron chi connectivity index (χ3n) is 8.04. The molecule has 1 fully saturated rings. The molecule has 9 nitrogen and oxygen atoms in total. The van der Waals surface area contributed by atoms with E-state index in [0.717, 1.165) is 23.1 Å². The third kappa shape index (κ3) is 3.91. The lowest BCUT2D eigenvalue weighted by Gasteiger charge is -2.46. The van der Waals surface area contributed by atoms with E-state index in [0.29, 0.717) is 35.7 Å². The number of pyridine rings is 1. The number of hydrogen-bond donors (Lipinski definition) is 2. The molecule has 4 heterocycles. The Balaban J connectivity index is 1.46. The van der Waals surface area contributed by atoms with Crippen molar-refractivity contribution < 1.29 is 23.9 Å². The zero-order valence-corrected chi connectivity index (χ0v) is 21.9. The van der Waals surface area contributed by atoms with Gasteiger partial charge in [0.2, 0.25) is 11.5 Å². The van der Waals surface area contributed by atoms with Crippen LogP contribution in [0.5, 0.6) is 0 Å². The Morgan fingerprint density at radius 3 is 2.74 bits per heavy atom.